The Labute approximate surface area is 220 Å². The average Bonchev–Trinajstić information content (AvgIpc) is 3.48. The van der Waals surface area contributed by atoms with Crippen molar-refractivity contribution in [1.29, 1.82) is 0 Å². The van der Waals surface area contributed by atoms with Crippen molar-refractivity contribution in [1.82, 2.24) is 25.7 Å². The molecule has 14 heteroatoms. The van der Waals surface area contributed by atoms with Crippen LogP contribution in [0.4, 0.5) is 5.13 Å². The number of halogens is 2. The van der Waals surface area contributed by atoms with Gasteiger partial charge in [-0.25, -0.2) is 0 Å². The number of amides is 3. The molecule has 4 rings (SSSR count). The number of hydrogen-bond acceptors (Lipinski definition) is 9. The highest BCUT2D eigenvalue weighted by Gasteiger charge is 2.28. The molecule has 3 heterocycles. The molecule has 0 spiro atoms. The fourth-order valence-electron chi connectivity index (χ4n) is 3.67. The van der Waals surface area contributed by atoms with Crippen LogP contribution >= 0.6 is 46.3 Å². The van der Waals surface area contributed by atoms with E-state index < -0.39 is 6.04 Å². The van der Waals surface area contributed by atoms with E-state index >= 15 is 0 Å². The zero-order valence-corrected chi connectivity index (χ0v) is 21.7. The van der Waals surface area contributed by atoms with Crippen molar-refractivity contribution < 1.29 is 19.1 Å². The van der Waals surface area contributed by atoms with E-state index in [9.17, 15) is 14.4 Å². The van der Waals surface area contributed by atoms with Crippen molar-refractivity contribution in [2.45, 2.75) is 35.9 Å². The number of thioether (sulfide) groups is 1. The molecule has 0 aliphatic carbocycles. The van der Waals surface area contributed by atoms with Crippen molar-refractivity contribution in [2.24, 2.45) is 0 Å². The van der Waals surface area contributed by atoms with E-state index in [4.69, 9.17) is 27.9 Å². The zero-order valence-electron chi connectivity index (χ0n) is 18.6. The molecule has 0 saturated carbocycles. The number of nitrogens with zero attached hydrogens (tertiary/aromatic N) is 3. The predicted octanol–water partition coefficient (Wildman–Crippen LogP) is 2.17. The van der Waals surface area contributed by atoms with Crippen molar-refractivity contribution in [3.8, 4) is 0 Å². The average molecular weight is 560 g/mol. The largest absolute Gasteiger partial charge is 0.374 e. The van der Waals surface area contributed by atoms with Crippen LogP contribution in [-0.4, -0.2) is 77.0 Å². The SMILES string of the molecule is O=C(CSc1nnc(NC(=O)[C@H]2CCC(=O)N2)s1)NCC1CN(Cc2ccc(Cl)c(Cl)c2)CCO1. The first kappa shape index (κ1) is 26.1. The first-order valence-corrected chi connectivity index (χ1v) is 13.5. The second-order valence-corrected chi connectivity index (χ2v) is 11.1. The van der Waals surface area contributed by atoms with E-state index in [0.29, 0.717) is 52.1 Å². The lowest BCUT2D eigenvalue weighted by Gasteiger charge is -2.33. The molecule has 2 atom stereocenters. The lowest BCUT2D eigenvalue weighted by molar-refractivity contribution is -0.122. The molecular formula is C21H24Cl2N6O4S2. The van der Waals surface area contributed by atoms with Crippen LogP contribution in [0.25, 0.3) is 0 Å². The monoisotopic (exact) mass is 558 g/mol. The summed E-state index contributed by atoms with van der Waals surface area (Å²) in [6.45, 7) is 3.20. The molecule has 35 heavy (non-hydrogen) atoms. The lowest BCUT2D eigenvalue weighted by atomic mass is 10.2. The first-order valence-electron chi connectivity index (χ1n) is 11.0. The van der Waals surface area contributed by atoms with Gasteiger partial charge in [-0.15, -0.1) is 10.2 Å². The molecule has 2 aliphatic heterocycles. The van der Waals surface area contributed by atoms with Crippen molar-refractivity contribution in [3.05, 3.63) is 33.8 Å². The van der Waals surface area contributed by atoms with Crippen LogP contribution in [0, 0.1) is 0 Å². The molecule has 2 fully saturated rings. The molecular weight excluding hydrogens is 535 g/mol. The van der Waals surface area contributed by atoms with E-state index in [0.717, 1.165) is 18.7 Å². The van der Waals surface area contributed by atoms with Gasteiger partial charge in [0.05, 0.1) is 28.5 Å². The van der Waals surface area contributed by atoms with Crippen molar-refractivity contribution in [2.75, 3.05) is 37.3 Å². The van der Waals surface area contributed by atoms with Gasteiger partial charge < -0.3 is 15.4 Å². The molecule has 1 aromatic carbocycles. The van der Waals surface area contributed by atoms with Gasteiger partial charge in [0.15, 0.2) is 4.34 Å². The van der Waals surface area contributed by atoms with Gasteiger partial charge in [-0.05, 0) is 24.1 Å². The van der Waals surface area contributed by atoms with E-state index in [-0.39, 0.29) is 29.6 Å². The molecule has 1 aromatic heterocycles. The molecule has 0 radical (unpaired) electrons. The molecule has 1 unspecified atom stereocenters. The Hall–Kier alpha value is -1.96. The number of anilines is 1. The fraction of sp³-hybridized carbons (Fsp3) is 0.476. The number of carbonyl (C=O) groups excluding carboxylic acids is 3. The molecule has 188 valence electrons. The minimum atomic E-state index is -0.546. The number of carbonyl (C=O) groups is 3. The summed E-state index contributed by atoms with van der Waals surface area (Å²) in [4.78, 5) is 38.0. The van der Waals surface area contributed by atoms with E-state index in [2.05, 4.69) is 31.0 Å². The van der Waals surface area contributed by atoms with Crippen LogP contribution in [0.1, 0.15) is 18.4 Å². The molecule has 10 nitrogen and oxygen atoms in total. The lowest BCUT2D eigenvalue weighted by Crippen LogP contribution is -2.47. The molecule has 2 saturated heterocycles. The van der Waals surface area contributed by atoms with Crippen LogP contribution in [0.2, 0.25) is 10.0 Å². The Bertz CT molecular complexity index is 1090. The summed E-state index contributed by atoms with van der Waals surface area (Å²) in [5, 5.41) is 17.5. The minimum Gasteiger partial charge on any atom is -0.374 e. The van der Waals surface area contributed by atoms with Gasteiger partial charge in [-0.2, -0.15) is 0 Å². The van der Waals surface area contributed by atoms with Gasteiger partial charge in [-0.3, -0.25) is 24.6 Å². The Balaban J connectivity index is 1.16. The maximum absolute atomic E-state index is 12.3. The Morgan fingerprint density at radius 1 is 1.29 bits per heavy atom. The standard InChI is InChI=1S/C21H24Cl2N6O4S2/c22-14-2-1-12(7-15(14)23)9-29-5-6-33-13(10-29)8-24-18(31)11-34-21-28-27-20(35-21)26-19(32)16-3-4-17(30)25-16/h1-2,7,13,16H,3-6,8-11H2,(H,24,31)(H,25,30)(H,26,27,32)/t13?,16-/m1/s1. The highest BCUT2D eigenvalue weighted by atomic mass is 35.5. The second kappa shape index (κ2) is 12.3. The number of benzene rings is 1. The topological polar surface area (TPSA) is 126 Å². The van der Waals surface area contributed by atoms with Gasteiger partial charge in [0, 0.05) is 32.6 Å². The molecule has 2 aliphatic rings. The van der Waals surface area contributed by atoms with Crippen LogP contribution < -0.4 is 16.0 Å². The number of rotatable bonds is 9. The quantitative estimate of drug-likeness (QED) is 0.316. The highest BCUT2D eigenvalue weighted by Crippen LogP contribution is 2.26. The van der Waals surface area contributed by atoms with Gasteiger partial charge in [0.2, 0.25) is 22.9 Å². The van der Waals surface area contributed by atoms with Gasteiger partial charge in [0.1, 0.15) is 6.04 Å². The smallest absolute Gasteiger partial charge is 0.248 e. The zero-order chi connectivity index (χ0) is 24.8. The predicted molar refractivity (Wildman–Crippen MR) is 135 cm³/mol. The van der Waals surface area contributed by atoms with Gasteiger partial charge >= 0.3 is 0 Å². The third kappa shape index (κ3) is 7.76. The summed E-state index contributed by atoms with van der Waals surface area (Å²) in [5.41, 5.74) is 1.07. The Morgan fingerprint density at radius 3 is 2.91 bits per heavy atom. The minimum absolute atomic E-state index is 0.111. The van der Waals surface area contributed by atoms with Crippen LogP contribution in [-0.2, 0) is 25.7 Å². The summed E-state index contributed by atoms with van der Waals surface area (Å²) in [6.07, 6.45) is 0.689. The van der Waals surface area contributed by atoms with Crippen LogP contribution in [0.3, 0.4) is 0 Å². The number of nitrogens with one attached hydrogen (secondary N) is 3. The van der Waals surface area contributed by atoms with Gasteiger partial charge in [0.25, 0.3) is 0 Å². The summed E-state index contributed by atoms with van der Waals surface area (Å²) < 4.78 is 6.36. The molecule has 2 aromatic rings. The first-order chi connectivity index (χ1) is 16.9. The summed E-state index contributed by atoms with van der Waals surface area (Å²) in [6, 6.07) is 5.06. The fourth-order valence-corrected chi connectivity index (χ4v) is 5.58. The number of morpholine rings is 1. The Morgan fingerprint density at radius 2 is 2.14 bits per heavy atom. The highest BCUT2D eigenvalue weighted by molar-refractivity contribution is 8.01. The van der Waals surface area contributed by atoms with Crippen LogP contribution in [0.15, 0.2) is 22.5 Å². The summed E-state index contributed by atoms with van der Waals surface area (Å²) >= 11 is 14.5. The normalized spacial score (nSPS) is 20.5. The number of aromatic nitrogens is 2. The van der Waals surface area contributed by atoms with E-state index in [1.54, 1.807) is 6.07 Å². The molecule has 3 amide bonds. The maximum Gasteiger partial charge on any atom is 0.248 e. The van der Waals surface area contributed by atoms with Crippen molar-refractivity contribution in [3.63, 3.8) is 0 Å². The second-order valence-electron chi connectivity index (χ2n) is 8.09. The third-order valence-corrected chi connectivity index (χ3v) is 8.13. The maximum atomic E-state index is 12.3. The summed E-state index contributed by atoms with van der Waals surface area (Å²) in [5.74, 6) is -0.430. The van der Waals surface area contributed by atoms with Crippen LogP contribution in [0.5, 0.6) is 0 Å². The molecule has 0 bridgehead atoms. The molecule has 3 N–H and O–H groups in total. The third-order valence-electron chi connectivity index (χ3n) is 5.42. The number of ether oxygens (including phenoxy) is 1. The van der Waals surface area contributed by atoms with E-state index in [1.807, 2.05) is 12.1 Å². The summed E-state index contributed by atoms with van der Waals surface area (Å²) in [7, 11) is 0. The Kier molecular flexibility index (Phi) is 9.20. The van der Waals surface area contributed by atoms with Crippen molar-refractivity contribution >= 4 is 69.2 Å². The van der Waals surface area contributed by atoms with Gasteiger partial charge in [-0.1, -0.05) is 52.4 Å². The number of hydrogen-bond donors (Lipinski definition) is 3. The van der Waals surface area contributed by atoms with E-state index in [1.165, 1.54) is 23.1 Å².